The fourth-order valence-corrected chi connectivity index (χ4v) is 2.08. The van der Waals surface area contributed by atoms with Gasteiger partial charge in [-0.25, -0.2) is 9.78 Å². The second-order valence-corrected chi connectivity index (χ2v) is 4.43. The molecule has 1 heterocycles. The van der Waals surface area contributed by atoms with Gasteiger partial charge in [0.25, 0.3) is 0 Å². The van der Waals surface area contributed by atoms with Crippen molar-refractivity contribution in [2.75, 3.05) is 32.7 Å². The molecule has 6 nitrogen and oxygen atoms in total. The number of ether oxygens (including phenoxy) is 2. The van der Waals surface area contributed by atoms with E-state index in [1.807, 2.05) is 0 Å². The molecule has 0 spiro atoms. The van der Waals surface area contributed by atoms with Crippen molar-refractivity contribution in [2.24, 2.45) is 0 Å². The number of thiazole rings is 1. The normalized spacial score (nSPS) is 12.4. The number of rotatable bonds is 7. The molecule has 0 amide bonds. The lowest BCUT2D eigenvalue weighted by Crippen LogP contribution is -2.26. The Bertz CT molecular complexity index is 380. The molecule has 0 radical (unpaired) electrons. The molecule has 0 aliphatic carbocycles. The zero-order valence-corrected chi connectivity index (χ0v) is 10.8. The third-order valence-corrected chi connectivity index (χ3v) is 3.26. The maximum atomic E-state index is 10.8. The Hall–Kier alpha value is -1.18. The lowest BCUT2D eigenvalue weighted by atomic mass is 10.4. The molecule has 0 aliphatic heterocycles. The zero-order valence-electron chi connectivity index (χ0n) is 10.0. The smallest absolute Gasteiger partial charge is 0.347 e. The van der Waals surface area contributed by atoms with E-state index in [9.17, 15) is 4.79 Å². The number of carbonyl (C=O) groups is 1. The second kappa shape index (κ2) is 6.53. The van der Waals surface area contributed by atoms with Gasteiger partial charge in [-0.1, -0.05) is 11.3 Å². The van der Waals surface area contributed by atoms with Gasteiger partial charge in [-0.15, -0.1) is 0 Å². The van der Waals surface area contributed by atoms with Crippen molar-refractivity contribution in [3.05, 3.63) is 10.6 Å². The van der Waals surface area contributed by atoms with Crippen molar-refractivity contribution in [1.29, 1.82) is 0 Å². The number of anilines is 1. The predicted molar refractivity (Wildman–Crippen MR) is 65.0 cm³/mol. The van der Waals surface area contributed by atoms with Crippen molar-refractivity contribution in [2.45, 2.75) is 13.0 Å². The molecule has 0 aromatic carbocycles. The Morgan fingerprint density at radius 3 is 2.76 bits per heavy atom. The highest BCUT2D eigenvalue weighted by atomic mass is 32.1. The summed E-state index contributed by atoms with van der Waals surface area (Å²) in [6.07, 6.45) is -0.0857. The van der Waals surface area contributed by atoms with Crippen molar-refractivity contribution in [3.63, 3.8) is 0 Å². The fraction of sp³-hybridized carbons (Fsp3) is 0.600. The summed E-state index contributed by atoms with van der Waals surface area (Å²) in [6, 6.07) is 0. The van der Waals surface area contributed by atoms with E-state index >= 15 is 0 Å². The molecule has 2 N–H and O–H groups in total. The number of carboxylic acid groups (broad SMARTS) is 1. The molecule has 0 fully saturated rings. The van der Waals surface area contributed by atoms with Crippen LogP contribution in [0.3, 0.4) is 0 Å². The van der Waals surface area contributed by atoms with E-state index in [1.54, 1.807) is 21.1 Å². The number of nitrogens with one attached hydrogen (secondary N) is 1. The summed E-state index contributed by atoms with van der Waals surface area (Å²) in [4.78, 5) is 15.2. The van der Waals surface area contributed by atoms with Gasteiger partial charge in [-0.05, 0) is 6.92 Å². The van der Waals surface area contributed by atoms with Crippen LogP contribution in [0, 0.1) is 6.92 Å². The molecular weight excluding hydrogens is 244 g/mol. The number of nitrogens with zero attached hydrogens (tertiary/aromatic N) is 1. The quantitative estimate of drug-likeness (QED) is 0.767. The molecule has 0 bridgehead atoms. The third kappa shape index (κ3) is 3.95. The topological polar surface area (TPSA) is 80.7 Å². The van der Waals surface area contributed by atoms with E-state index in [1.165, 1.54) is 0 Å². The molecule has 1 unspecified atom stereocenters. The number of hydrogen-bond donors (Lipinski definition) is 2. The van der Waals surface area contributed by atoms with Gasteiger partial charge in [0.1, 0.15) is 4.88 Å². The van der Waals surface area contributed by atoms with Gasteiger partial charge >= 0.3 is 5.97 Å². The highest BCUT2D eigenvalue weighted by Gasteiger charge is 2.14. The van der Waals surface area contributed by atoms with Crippen molar-refractivity contribution in [1.82, 2.24) is 4.98 Å². The Labute approximate surface area is 104 Å². The molecule has 96 valence electrons. The molecule has 17 heavy (non-hydrogen) atoms. The summed E-state index contributed by atoms with van der Waals surface area (Å²) in [5.41, 5.74) is 0.519. The SMILES string of the molecule is COCC(CNc1nc(C)c(C(=O)O)s1)OC. The molecule has 0 aliphatic rings. The van der Waals surface area contributed by atoms with Crippen molar-refractivity contribution >= 4 is 22.4 Å². The van der Waals surface area contributed by atoms with E-state index < -0.39 is 5.97 Å². The first kappa shape index (κ1) is 13.9. The minimum atomic E-state index is -0.951. The average Bonchev–Trinajstić information content (AvgIpc) is 2.66. The number of aromatic carboxylic acids is 1. The van der Waals surface area contributed by atoms with E-state index in [2.05, 4.69) is 10.3 Å². The highest BCUT2D eigenvalue weighted by molar-refractivity contribution is 7.17. The van der Waals surface area contributed by atoms with Crippen LogP contribution in [-0.4, -0.2) is 49.5 Å². The first-order valence-corrected chi connectivity index (χ1v) is 5.86. The fourth-order valence-electron chi connectivity index (χ4n) is 1.27. The van der Waals surface area contributed by atoms with Gasteiger partial charge in [0.15, 0.2) is 5.13 Å². The standard InChI is InChI=1S/C10H16N2O4S/c1-6-8(9(13)14)17-10(12-6)11-4-7(16-3)5-15-2/h7H,4-5H2,1-3H3,(H,11,12)(H,13,14). The third-order valence-electron chi connectivity index (χ3n) is 2.16. The van der Waals surface area contributed by atoms with E-state index in [0.29, 0.717) is 24.0 Å². The molecule has 7 heteroatoms. The van der Waals surface area contributed by atoms with Crippen molar-refractivity contribution in [3.8, 4) is 0 Å². The number of methoxy groups -OCH3 is 2. The summed E-state index contributed by atoms with van der Waals surface area (Å²) in [5, 5.41) is 12.5. The van der Waals surface area contributed by atoms with Crippen LogP contribution >= 0.6 is 11.3 Å². The van der Waals surface area contributed by atoms with Gasteiger partial charge in [0.2, 0.25) is 0 Å². The van der Waals surface area contributed by atoms with Crippen LogP contribution < -0.4 is 5.32 Å². The maximum Gasteiger partial charge on any atom is 0.347 e. The number of aryl methyl sites for hydroxylation is 1. The summed E-state index contributed by atoms with van der Waals surface area (Å²) in [5.74, 6) is -0.951. The first-order chi connectivity index (χ1) is 8.08. The summed E-state index contributed by atoms with van der Waals surface area (Å²) < 4.78 is 10.1. The average molecular weight is 260 g/mol. The van der Waals surface area contributed by atoms with Crippen LogP contribution in [0.15, 0.2) is 0 Å². The number of hydrogen-bond acceptors (Lipinski definition) is 6. The van der Waals surface area contributed by atoms with Gasteiger partial charge in [0.05, 0.1) is 18.4 Å². The van der Waals surface area contributed by atoms with Crippen molar-refractivity contribution < 1.29 is 19.4 Å². The lowest BCUT2D eigenvalue weighted by Gasteiger charge is -2.14. The van der Waals surface area contributed by atoms with E-state index in [-0.39, 0.29) is 11.0 Å². The molecule has 1 rings (SSSR count). The van der Waals surface area contributed by atoms with Crippen LogP contribution in [0.5, 0.6) is 0 Å². The highest BCUT2D eigenvalue weighted by Crippen LogP contribution is 2.22. The summed E-state index contributed by atoms with van der Waals surface area (Å²) in [6.45, 7) is 2.67. The minimum Gasteiger partial charge on any atom is -0.477 e. The van der Waals surface area contributed by atoms with Gasteiger partial charge < -0.3 is 19.9 Å². The molecule has 1 atom stereocenters. The second-order valence-electron chi connectivity index (χ2n) is 3.43. The molecule has 1 aromatic heterocycles. The molecular formula is C10H16N2O4S. The van der Waals surface area contributed by atoms with Crippen LogP contribution in [-0.2, 0) is 9.47 Å². The Balaban J connectivity index is 2.57. The molecule has 0 saturated heterocycles. The van der Waals surface area contributed by atoms with Crippen LogP contribution in [0.4, 0.5) is 5.13 Å². The largest absolute Gasteiger partial charge is 0.477 e. The first-order valence-electron chi connectivity index (χ1n) is 5.04. The predicted octanol–water partition coefficient (Wildman–Crippen LogP) is 1.22. The number of carboxylic acids is 1. The lowest BCUT2D eigenvalue weighted by molar-refractivity contribution is 0.0365. The van der Waals surface area contributed by atoms with Crippen LogP contribution in [0.1, 0.15) is 15.4 Å². The monoisotopic (exact) mass is 260 g/mol. The molecule has 1 aromatic rings. The Kier molecular flexibility index (Phi) is 5.33. The van der Waals surface area contributed by atoms with Crippen LogP contribution in [0.25, 0.3) is 0 Å². The van der Waals surface area contributed by atoms with E-state index in [4.69, 9.17) is 14.6 Å². The molecule has 0 saturated carbocycles. The zero-order chi connectivity index (χ0) is 12.8. The Morgan fingerprint density at radius 2 is 2.29 bits per heavy atom. The summed E-state index contributed by atoms with van der Waals surface area (Å²) in [7, 11) is 3.20. The van der Waals surface area contributed by atoms with E-state index in [0.717, 1.165) is 11.3 Å². The van der Waals surface area contributed by atoms with Gasteiger partial charge in [-0.3, -0.25) is 0 Å². The van der Waals surface area contributed by atoms with Gasteiger partial charge in [-0.2, -0.15) is 0 Å². The minimum absolute atomic E-state index is 0.0857. The summed E-state index contributed by atoms with van der Waals surface area (Å²) >= 11 is 1.12. The van der Waals surface area contributed by atoms with Crippen LogP contribution in [0.2, 0.25) is 0 Å². The maximum absolute atomic E-state index is 10.8. The number of aromatic nitrogens is 1. The Morgan fingerprint density at radius 1 is 1.59 bits per heavy atom. The van der Waals surface area contributed by atoms with Gasteiger partial charge in [0, 0.05) is 20.8 Å².